The lowest BCUT2D eigenvalue weighted by Gasteiger charge is -2.25. The van der Waals surface area contributed by atoms with Gasteiger partial charge in [0.15, 0.2) is 23.4 Å². The number of aliphatic hydroxyl groups is 1. The van der Waals surface area contributed by atoms with Gasteiger partial charge >= 0.3 is 13.7 Å². The summed E-state index contributed by atoms with van der Waals surface area (Å²) >= 11 is 0. The fraction of sp³-hybridized carbons (Fsp3) is 0.455. The summed E-state index contributed by atoms with van der Waals surface area (Å²) in [6.07, 6.45) is -1.65. The molecule has 0 aliphatic carbocycles. The summed E-state index contributed by atoms with van der Waals surface area (Å²) in [5, 5.41) is 16.1. The van der Waals surface area contributed by atoms with Gasteiger partial charge in [0.1, 0.15) is 35.8 Å². The van der Waals surface area contributed by atoms with Crippen molar-refractivity contribution < 1.29 is 37.4 Å². The van der Waals surface area contributed by atoms with Crippen LogP contribution in [0.5, 0.6) is 5.75 Å². The molecule has 15 heteroatoms. The molecule has 37 heavy (non-hydrogen) atoms. The zero-order valence-corrected chi connectivity index (χ0v) is 21.5. The molecule has 1 aliphatic rings. The molecular formula is C22H28FN6O7P. The van der Waals surface area contributed by atoms with Crippen molar-refractivity contribution in [3.05, 3.63) is 43.0 Å². The van der Waals surface area contributed by atoms with Crippen molar-refractivity contribution in [3.63, 3.8) is 0 Å². The van der Waals surface area contributed by atoms with E-state index in [9.17, 15) is 14.5 Å². The molecule has 0 amide bonds. The van der Waals surface area contributed by atoms with Gasteiger partial charge in [-0.15, -0.1) is 0 Å². The predicted molar refractivity (Wildman–Crippen MR) is 130 cm³/mol. The van der Waals surface area contributed by atoms with E-state index in [1.165, 1.54) is 38.2 Å². The van der Waals surface area contributed by atoms with Gasteiger partial charge in [-0.25, -0.2) is 23.9 Å². The maximum Gasteiger partial charge on any atom is 0.459 e. The Kier molecular flexibility index (Phi) is 7.76. The number of rotatable bonds is 10. The molecule has 4 rings (SSSR count). The van der Waals surface area contributed by atoms with Crippen LogP contribution in [-0.4, -0.2) is 75.3 Å². The first-order chi connectivity index (χ1) is 17.6. The van der Waals surface area contributed by atoms with E-state index in [0.29, 0.717) is 11.3 Å². The number of carbonyl (C=O) groups excluding carboxylic acids is 1. The van der Waals surface area contributed by atoms with Gasteiger partial charge < -0.3 is 24.4 Å². The Bertz CT molecular complexity index is 1290. The van der Waals surface area contributed by atoms with Gasteiger partial charge in [0.2, 0.25) is 0 Å². The van der Waals surface area contributed by atoms with Crippen molar-refractivity contribution in [2.24, 2.45) is 0 Å². The van der Waals surface area contributed by atoms with Gasteiger partial charge in [-0.1, -0.05) is 18.2 Å². The van der Waals surface area contributed by atoms with E-state index in [0.717, 1.165) is 0 Å². The Morgan fingerprint density at radius 1 is 1.32 bits per heavy atom. The number of halogens is 1. The van der Waals surface area contributed by atoms with Crippen molar-refractivity contribution in [1.29, 1.82) is 0 Å². The lowest BCUT2D eigenvalue weighted by atomic mass is 9.98. The van der Waals surface area contributed by atoms with E-state index in [1.807, 2.05) is 0 Å². The van der Waals surface area contributed by atoms with Crippen LogP contribution < -0.4 is 14.9 Å². The molecule has 3 heterocycles. The van der Waals surface area contributed by atoms with Crippen LogP contribution in [-0.2, 0) is 23.4 Å². The molecule has 3 N–H and O–H groups in total. The average Bonchev–Trinajstić information content (AvgIpc) is 3.40. The number of hydrogen-bond donors (Lipinski definition) is 3. The highest BCUT2D eigenvalue weighted by atomic mass is 31.2. The molecule has 0 unspecified atom stereocenters. The van der Waals surface area contributed by atoms with Crippen LogP contribution in [0, 0.1) is 0 Å². The van der Waals surface area contributed by atoms with Gasteiger partial charge in [-0.3, -0.25) is 13.9 Å². The van der Waals surface area contributed by atoms with Crippen molar-refractivity contribution in [3.8, 4) is 5.75 Å². The number of esters is 1. The highest BCUT2D eigenvalue weighted by molar-refractivity contribution is 7.52. The van der Waals surface area contributed by atoms with Crippen molar-refractivity contribution in [1.82, 2.24) is 24.6 Å². The molecule has 0 radical (unpaired) electrons. The molecule has 1 aromatic carbocycles. The Hall–Kier alpha value is -3.16. The van der Waals surface area contributed by atoms with Crippen LogP contribution in [0.3, 0.4) is 0 Å². The number of carbonyl (C=O) groups is 1. The Morgan fingerprint density at radius 2 is 2.05 bits per heavy atom. The molecule has 200 valence electrons. The van der Waals surface area contributed by atoms with E-state index in [1.54, 1.807) is 37.4 Å². The summed E-state index contributed by atoms with van der Waals surface area (Å²) in [5.41, 5.74) is -1.63. The number of nitrogens with one attached hydrogen (secondary N) is 2. The maximum atomic E-state index is 15.8. The first-order valence-corrected chi connectivity index (χ1v) is 12.9. The van der Waals surface area contributed by atoms with Crippen LogP contribution in [0.1, 0.15) is 20.1 Å². The zero-order valence-electron chi connectivity index (χ0n) is 20.6. The standard InChI is InChI=1S/C22H28FN6O7P/c1-13(20(31)33-4)28-37(32,36-14-8-6-5-7-9-14)34-10-15-17(30)22(2,23)21(35-15)29-12-27-16-18(24-3)25-11-26-19(16)29/h5-9,11-13,15,17,21,30H,10H2,1-4H3,(H,28,32)(H,24,25,26)/t13-,15-,17-,21-,22-,37+/m1/s1. The minimum absolute atomic E-state index is 0.196. The molecule has 0 bridgehead atoms. The first-order valence-electron chi connectivity index (χ1n) is 11.3. The third kappa shape index (κ3) is 5.43. The van der Waals surface area contributed by atoms with Crippen molar-refractivity contribution in [2.75, 3.05) is 26.1 Å². The van der Waals surface area contributed by atoms with Crippen molar-refractivity contribution in [2.45, 2.75) is 44.0 Å². The summed E-state index contributed by atoms with van der Waals surface area (Å²) < 4.78 is 52.3. The van der Waals surface area contributed by atoms with E-state index in [-0.39, 0.29) is 11.4 Å². The number of hydrogen-bond acceptors (Lipinski definition) is 11. The fourth-order valence-corrected chi connectivity index (χ4v) is 5.41. The van der Waals surface area contributed by atoms with Crippen LogP contribution in [0.15, 0.2) is 43.0 Å². The molecule has 2 aromatic heterocycles. The molecular weight excluding hydrogens is 510 g/mol. The number of anilines is 1. The molecule has 1 aliphatic heterocycles. The number of aliphatic hydroxyl groups excluding tert-OH is 1. The number of benzene rings is 1. The number of methoxy groups -OCH3 is 1. The summed E-state index contributed by atoms with van der Waals surface area (Å²) in [6.45, 7) is 2.05. The van der Waals surface area contributed by atoms with Gasteiger partial charge in [-0.05, 0) is 26.0 Å². The molecule has 1 saturated heterocycles. The van der Waals surface area contributed by atoms with E-state index < -0.39 is 50.5 Å². The largest absolute Gasteiger partial charge is 0.468 e. The normalized spacial score (nSPS) is 25.9. The topological polar surface area (TPSA) is 159 Å². The Morgan fingerprint density at radius 3 is 2.73 bits per heavy atom. The lowest BCUT2D eigenvalue weighted by molar-refractivity contribution is -0.142. The summed E-state index contributed by atoms with van der Waals surface area (Å²) in [6, 6.07) is 7.07. The second kappa shape index (κ2) is 10.7. The second-order valence-electron chi connectivity index (χ2n) is 8.49. The van der Waals surface area contributed by atoms with Gasteiger partial charge in [0.05, 0.1) is 20.0 Å². The minimum Gasteiger partial charge on any atom is -0.468 e. The number of aromatic nitrogens is 4. The molecule has 6 atom stereocenters. The number of imidazole rings is 1. The summed E-state index contributed by atoms with van der Waals surface area (Å²) in [4.78, 5) is 24.4. The van der Waals surface area contributed by atoms with E-state index in [2.05, 4.69) is 30.1 Å². The Balaban J connectivity index is 1.55. The van der Waals surface area contributed by atoms with Crippen LogP contribution >= 0.6 is 7.75 Å². The van der Waals surface area contributed by atoms with Gasteiger partial charge in [0, 0.05) is 7.05 Å². The fourth-order valence-electron chi connectivity index (χ4n) is 3.91. The summed E-state index contributed by atoms with van der Waals surface area (Å²) in [5.74, 6) is -0.0714. The zero-order chi connectivity index (χ0) is 26.8. The predicted octanol–water partition coefficient (Wildman–Crippen LogP) is 2.21. The number of ether oxygens (including phenoxy) is 2. The quantitative estimate of drug-likeness (QED) is 0.256. The van der Waals surface area contributed by atoms with E-state index >= 15 is 4.39 Å². The maximum absolute atomic E-state index is 15.8. The average molecular weight is 538 g/mol. The lowest BCUT2D eigenvalue weighted by Crippen LogP contribution is -2.41. The first kappa shape index (κ1) is 26.9. The third-order valence-electron chi connectivity index (χ3n) is 5.85. The minimum atomic E-state index is -4.23. The van der Waals surface area contributed by atoms with E-state index in [4.69, 9.17) is 13.8 Å². The number of para-hydroxylation sites is 1. The Labute approximate surface area is 211 Å². The SMILES string of the molecule is CNc1ncnc2c1ncn2[C@@H]1O[C@H](CO[P@@](=O)(N[C@H](C)C(=O)OC)Oc2ccccc2)[C@@H](O)[C@@]1(C)F. The molecule has 0 saturated carbocycles. The summed E-state index contributed by atoms with van der Waals surface area (Å²) in [7, 11) is -1.39. The van der Waals surface area contributed by atoms with Crippen LogP contribution in [0.2, 0.25) is 0 Å². The second-order valence-corrected chi connectivity index (χ2v) is 10.2. The number of alkyl halides is 1. The highest BCUT2D eigenvalue weighted by Gasteiger charge is 2.56. The number of nitrogens with zero attached hydrogens (tertiary/aromatic N) is 4. The smallest absolute Gasteiger partial charge is 0.459 e. The van der Waals surface area contributed by atoms with Gasteiger partial charge in [0.25, 0.3) is 0 Å². The molecule has 0 spiro atoms. The van der Waals surface area contributed by atoms with Crippen LogP contribution in [0.4, 0.5) is 10.2 Å². The van der Waals surface area contributed by atoms with Crippen LogP contribution in [0.25, 0.3) is 11.2 Å². The van der Waals surface area contributed by atoms with Crippen molar-refractivity contribution >= 4 is 30.7 Å². The monoisotopic (exact) mass is 538 g/mol. The number of fused-ring (bicyclic) bond motifs is 1. The highest BCUT2D eigenvalue weighted by Crippen LogP contribution is 2.48. The molecule has 3 aromatic rings. The molecule has 13 nitrogen and oxygen atoms in total. The third-order valence-corrected chi connectivity index (χ3v) is 7.49. The molecule has 1 fully saturated rings. The van der Waals surface area contributed by atoms with Gasteiger partial charge in [-0.2, -0.15) is 5.09 Å².